The van der Waals surface area contributed by atoms with Crippen LogP contribution < -0.4 is 5.32 Å². The predicted molar refractivity (Wildman–Crippen MR) is 84.9 cm³/mol. The molecule has 104 valence electrons. The van der Waals surface area contributed by atoms with Crippen molar-refractivity contribution in [3.8, 4) is 16.6 Å². The summed E-state index contributed by atoms with van der Waals surface area (Å²) in [6.45, 7) is 2.52. The molecule has 20 heavy (non-hydrogen) atoms. The lowest BCUT2D eigenvalue weighted by Crippen LogP contribution is -2.24. The lowest BCUT2D eigenvalue weighted by atomic mass is 10.3. The molecule has 0 aliphatic heterocycles. The van der Waals surface area contributed by atoms with E-state index < -0.39 is 0 Å². The van der Waals surface area contributed by atoms with Gasteiger partial charge < -0.3 is 5.32 Å². The zero-order valence-electron chi connectivity index (χ0n) is 10.9. The maximum absolute atomic E-state index is 11.5. The van der Waals surface area contributed by atoms with Crippen LogP contribution in [0.1, 0.15) is 9.88 Å². The van der Waals surface area contributed by atoms with E-state index in [0.717, 1.165) is 20.5 Å². The van der Waals surface area contributed by atoms with Crippen LogP contribution in [0.25, 0.3) is 10.6 Å². The van der Waals surface area contributed by atoms with Crippen molar-refractivity contribution in [2.75, 3.05) is 11.5 Å². The van der Waals surface area contributed by atoms with Gasteiger partial charge in [0.1, 0.15) is 0 Å². The van der Waals surface area contributed by atoms with Gasteiger partial charge in [0.15, 0.2) is 0 Å². The van der Waals surface area contributed by atoms with Gasteiger partial charge in [-0.25, -0.2) is 4.98 Å². The van der Waals surface area contributed by atoms with Crippen LogP contribution in [0.4, 0.5) is 0 Å². The SMILES string of the molecule is Cc1nc(-c2ccc(CNC(=O)CSCC#N)s2)cs1. The van der Waals surface area contributed by atoms with E-state index in [1.54, 1.807) is 22.7 Å². The maximum Gasteiger partial charge on any atom is 0.230 e. The van der Waals surface area contributed by atoms with Crippen LogP contribution in [-0.2, 0) is 11.3 Å². The molecule has 0 spiro atoms. The second-order valence-corrected chi connectivity index (χ2v) is 7.16. The number of thiophene rings is 1. The normalized spacial score (nSPS) is 10.2. The third-order valence-corrected chi connectivity index (χ3v) is 5.07. The highest BCUT2D eigenvalue weighted by Crippen LogP contribution is 2.28. The zero-order valence-corrected chi connectivity index (χ0v) is 13.3. The molecule has 4 nitrogen and oxygen atoms in total. The van der Waals surface area contributed by atoms with E-state index in [1.807, 2.05) is 30.5 Å². The van der Waals surface area contributed by atoms with Crippen molar-refractivity contribution in [2.45, 2.75) is 13.5 Å². The third kappa shape index (κ3) is 4.34. The Morgan fingerprint density at radius 1 is 1.55 bits per heavy atom. The average Bonchev–Trinajstić information content (AvgIpc) is 3.05. The first-order chi connectivity index (χ1) is 9.69. The van der Waals surface area contributed by atoms with Gasteiger partial charge in [-0.05, 0) is 19.1 Å². The summed E-state index contributed by atoms with van der Waals surface area (Å²) < 4.78 is 0. The minimum Gasteiger partial charge on any atom is -0.350 e. The van der Waals surface area contributed by atoms with Crippen molar-refractivity contribution < 1.29 is 4.79 Å². The summed E-state index contributed by atoms with van der Waals surface area (Å²) in [5, 5.41) is 14.3. The van der Waals surface area contributed by atoms with Crippen molar-refractivity contribution in [1.82, 2.24) is 10.3 Å². The van der Waals surface area contributed by atoms with E-state index in [2.05, 4.69) is 10.3 Å². The van der Waals surface area contributed by atoms with E-state index in [1.165, 1.54) is 11.8 Å². The number of nitrogens with one attached hydrogen (secondary N) is 1. The van der Waals surface area contributed by atoms with Crippen molar-refractivity contribution in [3.05, 3.63) is 27.4 Å². The Balaban J connectivity index is 1.84. The Hall–Kier alpha value is -1.36. The number of rotatable bonds is 6. The van der Waals surface area contributed by atoms with Crippen LogP contribution in [0, 0.1) is 18.3 Å². The number of amides is 1. The first kappa shape index (κ1) is 15.0. The van der Waals surface area contributed by atoms with E-state index in [-0.39, 0.29) is 5.91 Å². The Kier molecular flexibility index (Phi) is 5.59. The molecule has 2 rings (SSSR count). The summed E-state index contributed by atoms with van der Waals surface area (Å²) in [5.41, 5.74) is 1.000. The molecule has 2 heterocycles. The smallest absolute Gasteiger partial charge is 0.230 e. The van der Waals surface area contributed by atoms with Crippen molar-refractivity contribution in [1.29, 1.82) is 5.26 Å². The fourth-order valence-corrected chi connectivity index (χ4v) is 3.59. The topological polar surface area (TPSA) is 65.8 Å². The maximum atomic E-state index is 11.5. The van der Waals surface area contributed by atoms with Crippen LogP contribution in [-0.4, -0.2) is 22.4 Å². The largest absolute Gasteiger partial charge is 0.350 e. The van der Waals surface area contributed by atoms with Gasteiger partial charge in [-0.15, -0.1) is 34.4 Å². The van der Waals surface area contributed by atoms with Gasteiger partial charge in [-0.2, -0.15) is 5.26 Å². The van der Waals surface area contributed by atoms with E-state index in [4.69, 9.17) is 5.26 Å². The van der Waals surface area contributed by atoms with Crippen LogP contribution >= 0.6 is 34.4 Å². The number of thiazole rings is 1. The summed E-state index contributed by atoms with van der Waals surface area (Å²) >= 11 is 4.60. The molecule has 0 saturated heterocycles. The van der Waals surface area contributed by atoms with Crippen molar-refractivity contribution in [3.63, 3.8) is 0 Å². The number of aryl methyl sites for hydroxylation is 1. The third-order valence-electron chi connectivity index (χ3n) is 2.39. The van der Waals surface area contributed by atoms with Gasteiger partial charge in [0, 0.05) is 10.3 Å². The molecule has 0 radical (unpaired) electrons. The Labute approximate surface area is 129 Å². The number of hydrogen-bond donors (Lipinski definition) is 1. The van der Waals surface area contributed by atoms with E-state index >= 15 is 0 Å². The van der Waals surface area contributed by atoms with Gasteiger partial charge >= 0.3 is 0 Å². The molecular weight excluding hydrogens is 310 g/mol. The molecule has 0 aliphatic rings. The number of carbonyl (C=O) groups excluding carboxylic acids is 1. The van der Waals surface area contributed by atoms with Gasteiger partial charge in [0.25, 0.3) is 0 Å². The van der Waals surface area contributed by atoms with Crippen LogP contribution in [0.5, 0.6) is 0 Å². The first-order valence-electron chi connectivity index (χ1n) is 5.91. The van der Waals surface area contributed by atoms with E-state index in [0.29, 0.717) is 18.1 Å². The first-order valence-corrected chi connectivity index (χ1v) is 8.76. The molecule has 0 aromatic carbocycles. The highest BCUT2D eigenvalue weighted by atomic mass is 32.2. The van der Waals surface area contributed by atoms with Gasteiger partial charge in [-0.3, -0.25) is 4.79 Å². The molecule has 0 unspecified atom stereocenters. The molecule has 2 aromatic rings. The standard InChI is InChI=1S/C13H13N3OS3/c1-9-16-11(7-19-9)12-3-2-10(20-12)6-15-13(17)8-18-5-4-14/h2-3,7H,5-6,8H2,1H3,(H,15,17). The van der Waals surface area contributed by atoms with Crippen LogP contribution in [0.15, 0.2) is 17.5 Å². The second kappa shape index (κ2) is 7.43. The Morgan fingerprint density at radius 3 is 3.10 bits per heavy atom. The number of carbonyl (C=O) groups is 1. The number of aromatic nitrogens is 1. The van der Waals surface area contributed by atoms with Gasteiger partial charge in [0.2, 0.25) is 5.91 Å². The molecule has 0 bridgehead atoms. The fraction of sp³-hybridized carbons (Fsp3) is 0.308. The Bertz CT molecular complexity index is 627. The molecule has 0 aliphatic carbocycles. The summed E-state index contributed by atoms with van der Waals surface area (Å²) in [7, 11) is 0. The Morgan fingerprint density at radius 2 is 2.40 bits per heavy atom. The van der Waals surface area contributed by atoms with Crippen molar-refractivity contribution >= 4 is 40.3 Å². The molecule has 0 fully saturated rings. The van der Waals surface area contributed by atoms with Crippen molar-refractivity contribution in [2.24, 2.45) is 0 Å². The summed E-state index contributed by atoms with van der Waals surface area (Å²) in [6.07, 6.45) is 0. The van der Waals surface area contributed by atoms with Gasteiger partial charge in [0.05, 0.1) is 39.7 Å². The lowest BCUT2D eigenvalue weighted by Gasteiger charge is -2.01. The number of thioether (sulfide) groups is 1. The van der Waals surface area contributed by atoms with Crippen LogP contribution in [0.2, 0.25) is 0 Å². The molecule has 7 heteroatoms. The highest BCUT2D eigenvalue weighted by molar-refractivity contribution is 8.00. The highest BCUT2D eigenvalue weighted by Gasteiger charge is 2.07. The summed E-state index contributed by atoms with van der Waals surface area (Å²) in [4.78, 5) is 18.2. The molecule has 1 amide bonds. The number of nitrogens with zero attached hydrogens (tertiary/aromatic N) is 2. The molecule has 0 saturated carbocycles. The average molecular weight is 323 g/mol. The lowest BCUT2D eigenvalue weighted by molar-refractivity contribution is -0.118. The minimum atomic E-state index is -0.0373. The summed E-state index contributed by atoms with van der Waals surface area (Å²) in [6, 6.07) is 6.04. The van der Waals surface area contributed by atoms with Crippen LogP contribution in [0.3, 0.4) is 0 Å². The number of hydrogen-bond acceptors (Lipinski definition) is 6. The predicted octanol–water partition coefficient (Wildman–Crippen LogP) is 3.05. The minimum absolute atomic E-state index is 0.0373. The fourth-order valence-electron chi connectivity index (χ4n) is 1.51. The quantitative estimate of drug-likeness (QED) is 0.830. The van der Waals surface area contributed by atoms with Gasteiger partial charge in [-0.1, -0.05) is 0 Å². The zero-order chi connectivity index (χ0) is 14.4. The monoisotopic (exact) mass is 323 g/mol. The molecule has 1 N–H and O–H groups in total. The molecular formula is C13H13N3OS3. The molecule has 0 atom stereocenters. The second-order valence-electron chi connectivity index (χ2n) is 3.95. The number of nitriles is 1. The molecule has 2 aromatic heterocycles. The van der Waals surface area contributed by atoms with E-state index in [9.17, 15) is 4.79 Å². The summed E-state index contributed by atoms with van der Waals surface area (Å²) in [5.74, 6) is 0.640.